The molecule has 0 amide bonds. The number of methoxy groups -OCH3 is 1. The molecule has 176 valence electrons. The number of nitrogens with one attached hydrogen (secondary N) is 2. The molecule has 8 heteroatoms. The van der Waals surface area contributed by atoms with Gasteiger partial charge < -0.3 is 24.8 Å². The maximum atomic E-state index is 6.01. The van der Waals surface area contributed by atoms with Crippen molar-refractivity contribution >= 4 is 29.9 Å². The van der Waals surface area contributed by atoms with Gasteiger partial charge in [-0.05, 0) is 30.2 Å². The van der Waals surface area contributed by atoms with Gasteiger partial charge in [0, 0.05) is 33.2 Å². The lowest BCUT2D eigenvalue weighted by atomic mass is 10.1. The Kier molecular flexibility index (Phi) is 11.6. The molecule has 1 fully saturated rings. The van der Waals surface area contributed by atoms with Gasteiger partial charge in [-0.1, -0.05) is 36.4 Å². The minimum atomic E-state index is -0.0524. The van der Waals surface area contributed by atoms with Crippen molar-refractivity contribution in [3.8, 4) is 11.5 Å². The van der Waals surface area contributed by atoms with Gasteiger partial charge >= 0.3 is 0 Å². The number of halogens is 1. The number of hydrogen-bond acceptors (Lipinski definition) is 5. The molecular formula is C24H35IN4O3. The Morgan fingerprint density at radius 2 is 1.69 bits per heavy atom. The third kappa shape index (κ3) is 8.14. The Balaban J connectivity index is 0.00000363. The number of benzene rings is 2. The van der Waals surface area contributed by atoms with Crippen molar-refractivity contribution in [2.75, 3.05) is 47.0 Å². The van der Waals surface area contributed by atoms with Gasteiger partial charge in [-0.3, -0.25) is 9.89 Å². The zero-order chi connectivity index (χ0) is 21.9. The van der Waals surface area contributed by atoms with E-state index < -0.39 is 0 Å². The quantitative estimate of drug-likeness (QED) is 0.282. The molecule has 0 aliphatic carbocycles. The first-order chi connectivity index (χ1) is 15.2. The van der Waals surface area contributed by atoms with Gasteiger partial charge in [-0.2, -0.15) is 0 Å². The molecule has 0 spiro atoms. The van der Waals surface area contributed by atoms with Crippen LogP contribution in [0.3, 0.4) is 0 Å². The molecule has 3 rings (SSSR count). The third-order valence-electron chi connectivity index (χ3n) is 5.24. The zero-order valence-corrected chi connectivity index (χ0v) is 21.5. The van der Waals surface area contributed by atoms with Gasteiger partial charge in [0.25, 0.3) is 0 Å². The fraction of sp³-hybridized carbons (Fsp3) is 0.458. The summed E-state index contributed by atoms with van der Waals surface area (Å²) in [6.07, 6.45) is -0.0524. The highest BCUT2D eigenvalue weighted by molar-refractivity contribution is 14.0. The van der Waals surface area contributed by atoms with Crippen LogP contribution in [0.25, 0.3) is 0 Å². The number of nitrogens with zero attached hydrogens (tertiary/aromatic N) is 2. The molecule has 1 atom stereocenters. The van der Waals surface area contributed by atoms with E-state index in [0.717, 1.165) is 50.3 Å². The normalized spacial score (nSPS) is 15.4. The first kappa shape index (κ1) is 26.2. The van der Waals surface area contributed by atoms with E-state index in [9.17, 15) is 0 Å². The van der Waals surface area contributed by atoms with Crippen molar-refractivity contribution in [2.45, 2.75) is 26.1 Å². The summed E-state index contributed by atoms with van der Waals surface area (Å²) in [5.74, 6) is 2.21. The summed E-state index contributed by atoms with van der Waals surface area (Å²) in [5, 5.41) is 6.76. The summed E-state index contributed by atoms with van der Waals surface area (Å²) in [6.45, 7) is 7.87. The average Bonchev–Trinajstić information content (AvgIpc) is 2.81. The molecule has 1 aliphatic heterocycles. The van der Waals surface area contributed by atoms with Gasteiger partial charge in [-0.15, -0.1) is 24.0 Å². The van der Waals surface area contributed by atoms with Gasteiger partial charge in [0.05, 0.1) is 26.9 Å². The predicted molar refractivity (Wildman–Crippen MR) is 139 cm³/mol. The second kappa shape index (κ2) is 14.2. The van der Waals surface area contributed by atoms with Crippen LogP contribution in [-0.2, 0) is 17.8 Å². The lowest BCUT2D eigenvalue weighted by molar-refractivity contribution is 0.0341. The lowest BCUT2D eigenvalue weighted by Gasteiger charge is -2.27. The molecule has 7 nitrogen and oxygen atoms in total. The molecule has 0 radical (unpaired) electrons. The molecule has 1 heterocycles. The molecule has 2 aromatic rings. The number of para-hydroxylation sites is 2. The predicted octanol–water partition coefficient (Wildman–Crippen LogP) is 3.28. The molecular weight excluding hydrogens is 519 g/mol. The third-order valence-corrected chi connectivity index (χ3v) is 5.24. The van der Waals surface area contributed by atoms with Crippen LogP contribution in [0.5, 0.6) is 11.5 Å². The van der Waals surface area contributed by atoms with Gasteiger partial charge in [0.2, 0.25) is 0 Å². The summed E-state index contributed by atoms with van der Waals surface area (Å²) in [5.41, 5.74) is 2.61. The summed E-state index contributed by atoms with van der Waals surface area (Å²) >= 11 is 0. The Morgan fingerprint density at radius 1 is 1.03 bits per heavy atom. The van der Waals surface area contributed by atoms with E-state index in [2.05, 4.69) is 44.8 Å². The molecule has 0 aromatic heterocycles. The second-order valence-corrected chi connectivity index (χ2v) is 7.54. The molecule has 0 saturated carbocycles. The smallest absolute Gasteiger partial charge is 0.191 e. The number of morpholine rings is 1. The maximum absolute atomic E-state index is 6.01. The number of aliphatic imine (C=N–C) groups is 1. The largest absolute Gasteiger partial charge is 0.493 e. The topological polar surface area (TPSA) is 67.4 Å². The first-order valence-corrected chi connectivity index (χ1v) is 10.8. The summed E-state index contributed by atoms with van der Waals surface area (Å²) in [7, 11) is 3.43. The fourth-order valence-corrected chi connectivity index (χ4v) is 3.50. The van der Waals surface area contributed by atoms with Gasteiger partial charge in [0.15, 0.2) is 17.5 Å². The van der Waals surface area contributed by atoms with Crippen molar-refractivity contribution in [1.82, 2.24) is 15.5 Å². The number of rotatable bonds is 9. The van der Waals surface area contributed by atoms with E-state index in [-0.39, 0.29) is 30.1 Å². The molecule has 2 aromatic carbocycles. The van der Waals surface area contributed by atoms with Crippen molar-refractivity contribution in [3.05, 3.63) is 59.7 Å². The van der Waals surface area contributed by atoms with Gasteiger partial charge in [-0.25, -0.2) is 0 Å². The first-order valence-electron chi connectivity index (χ1n) is 10.8. The van der Waals surface area contributed by atoms with Crippen molar-refractivity contribution in [3.63, 3.8) is 0 Å². The Labute approximate surface area is 208 Å². The van der Waals surface area contributed by atoms with E-state index in [0.29, 0.717) is 13.1 Å². The van der Waals surface area contributed by atoms with Gasteiger partial charge in [0.1, 0.15) is 6.10 Å². The van der Waals surface area contributed by atoms with Crippen molar-refractivity contribution < 1.29 is 14.2 Å². The molecule has 0 bridgehead atoms. The molecule has 1 aliphatic rings. The highest BCUT2D eigenvalue weighted by atomic mass is 127. The van der Waals surface area contributed by atoms with Crippen LogP contribution < -0.4 is 20.1 Å². The highest BCUT2D eigenvalue weighted by Crippen LogP contribution is 2.26. The minimum Gasteiger partial charge on any atom is -0.493 e. The zero-order valence-electron chi connectivity index (χ0n) is 19.2. The standard InChI is InChI=1S/C24H34N4O3.HI/c1-19(31-23-11-7-6-10-22(23)29-3)16-26-24(25-2)27-17-20-8-4-5-9-21(20)18-28-12-14-30-15-13-28;/h4-11,19H,12-18H2,1-3H3,(H2,25,26,27);1H. The number of hydrogen-bond donors (Lipinski definition) is 2. The fourth-order valence-electron chi connectivity index (χ4n) is 3.50. The van der Waals surface area contributed by atoms with Crippen LogP contribution in [0.15, 0.2) is 53.5 Å². The van der Waals surface area contributed by atoms with Crippen LogP contribution in [0.4, 0.5) is 0 Å². The minimum absolute atomic E-state index is 0. The average molecular weight is 554 g/mol. The molecule has 1 unspecified atom stereocenters. The summed E-state index contributed by atoms with van der Waals surface area (Å²) in [6, 6.07) is 16.2. The van der Waals surface area contributed by atoms with E-state index in [1.807, 2.05) is 31.2 Å². The monoisotopic (exact) mass is 554 g/mol. The Morgan fingerprint density at radius 3 is 2.38 bits per heavy atom. The van der Waals surface area contributed by atoms with E-state index in [1.165, 1.54) is 11.1 Å². The van der Waals surface area contributed by atoms with Crippen LogP contribution >= 0.6 is 24.0 Å². The lowest BCUT2D eigenvalue weighted by Crippen LogP contribution is -2.41. The summed E-state index contributed by atoms with van der Waals surface area (Å²) < 4.78 is 16.8. The van der Waals surface area contributed by atoms with Crippen molar-refractivity contribution in [2.24, 2.45) is 4.99 Å². The van der Waals surface area contributed by atoms with Crippen LogP contribution in [-0.4, -0.2) is 64.0 Å². The Hall–Kier alpha value is -2.04. The second-order valence-electron chi connectivity index (χ2n) is 7.54. The molecule has 1 saturated heterocycles. The molecule has 2 N–H and O–H groups in total. The van der Waals surface area contributed by atoms with E-state index >= 15 is 0 Å². The van der Waals surface area contributed by atoms with Crippen LogP contribution in [0, 0.1) is 0 Å². The SMILES string of the molecule is CN=C(NCc1ccccc1CN1CCOCC1)NCC(C)Oc1ccccc1OC.I. The van der Waals surface area contributed by atoms with E-state index in [1.54, 1.807) is 14.2 Å². The number of ether oxygens (including phenoxy) is 3. The summed E-state index contributed by atoms with van der Waals surface area (Å²) in [4.78, 5) is 6.79. The Bertz CT molecular complexity index is 843. The highest BCUT2D eigenvalue weighted by Gasteiger charge is 2.13. The molecule has 32 heavy (non-hydrogen) atoms. The maximum Gasteiger partial charge on any atom is 0.191 e. The van der Waals surface area contributed by atoms with Crippen molar-refractivity contribution in [1.29, 1.82) is 0 Å². The van der Waals surface area contributed by atoms with E-state index in [4.69, 9.17) is 14.2 Å². The number of guanidine groups is 1. The van der Waals surface area contributed by atoms with Crippen LogP contribution in [0.1, 0.15) is 18.1 Å². The van der Waals surface area contributed by atoms with Crippen LogP contribution in [0.2, 0.25) is 0 Å².